The second kappa shape index (κ2) is 14.3. The SMILES string of the molecule is CN(CCC[C@H]1C(=O)N(C)CCCCC2(CCN(C(=O)OC(C)(C)C)CC2)COCC(=O)N1C)C(=O)c1ccnn1C. The maximum absolute atomic E-state index is 13.5. The number of aromatic nitrogens is 2. The van der Waals surface area contributed by atoms with Gasteiger partial charge in [0.2, 0.25) is 11.8 Å². The van der Waals surface area contributed by atoms with Gasteiger partial charge >= 0.3 is 6.09 Å². The van der Waals surface area contributed by atoms with Crippen LogP contribution in [0.15, 0.2) is 12.3 Å². The van der Waals surface area contributed by atoms with E-state index in [1.165, 1.54) is 9.58 Å². The number of carbonyl (C=O) groups excluding carboxylic acids is 4. The van der Waals surface area contributed by atoms with E-state index in [-0.39, 0.29) is 35.8 Å². The van der Waals surface area contributed by atoms with Gasteiger partial charge in [-0.25, -0.2) is 4.79 Å². The summed E-state index contributed by atoms with van der Waals surface area (Å²) in [7, 11) is 6.89. The second-order valence-electron chi connectivity index (χ2n) is 12.9. The highest BCUT2D eigenvalue weighted by Crippen LogP contribution is 2.37. The fourth-order valence-electron chi connectivity index (χ4n) is 5.69. The highest BCUT2D eigenvalue weighted by molar-refractivity contribution is 5.92. The Morgan fingerprint density at radius 3 is 2.40 bits per heavy atom. The van der Waals surface area contributed by atoms with E-state index in [1.807, 2.05) is 20.8 Å². The Kier molecular flexibility index (Phi) is 11.4. The monoisotopic (exact) mass is 590 g/mol. The van der Waals surface area contributed by atoms with Gasteiger partial charge in [0.05, 0.1) is 6.61 Å². The second-order valence-corrected chi connectivity index (χ2v) is 12.9. The predicted octanol–water partition coefficient (Wildman–Crippen LogP) is 2.78. The van der Waals surface area contributed by atoms with E-state index in [2.05, 4.69) is 5.10 Å². The summed E-state index contributed by atoms with van der Waals surface area (Å²) in [6.45, 7) is 8.13. The third-order valence-electron chi connectivity index (χ3n) is 8.44. The summed E-state index contributed by atoms with van der Waals surface area (Å²) in [5.41, 5.74) is -0.173. The van der Waals surface area contributed by atoms with Crippen molar-refractivity contribution in [2.24, 2.45) is 12.5 Å². The van der Waals surface area contributed by atoms with Crippen molar-refractivity contribution in [3.63, 3.8) is 0 Å². The van der Waals surface area contributed by atoms with Crippen LogP contribution in [0.4, 0.5) is 4.79 Å². The molecule has 0 N–H and O–H groups in total. The number of hydrogen-bond donors (Lipinski definition) is 0. The summed E-state index contributed by atoms with van der Waals surface area (Å²) in [6, 6.07) is 1.03. The van der Waals surface area contributed by atoms with Gasteiger partial charge in [-0.15, -0.1) is 0 Å². The van der Waals surface area contributed by atoms with E-state index in [1.54, 1.807) is 55.2 Å². The molecule has 2 aliphatic rings. The number of piperidine rings is 1. The molecule has 12 heteroatoms. The molecule has 1 atom stereocenters. The van der Waals surface area contributed by atoms with Crippen molar-refractivity contribution in [2.45, 2.75) is 77.4 Å². The molecule has 3 heterocycles. The fraction of sp³-hybridized carbons (Fsp3) is 0.767. The normalized spacial score (nSPS) is 21.0. The van der Waals surface area contributed by atoms with E-state index >= 15 is 0 Å². The van der Waals surface area contributed by atoms with Crippen molar-refractivity contribution < 1.29 is 28.7 Å². The third kappa shape index (κ3) is 8.92. The number of carbonyl (C=O) groups is 4. The predicted molar refractivity (Wildman–Crippen MR) is 158 cm³/mol. The highest BCUT2D eigenvalue weighted by Gasteiger charge is 2.38. The van der Waals surface area contributed by atoms with Crippen LogP contribution in [0.25, 0.3) is 0 Å². The molecule has 1 aromatic heterocycles. The molecule has 1 spiro atoms. The maximum Gasteiger partial charge on any atom is 0.410 e. The lowest BCUT2D eigenvalue weighted by Crippen LogP contribution is -2.50. The quantitative estimate of drug-likeness (QED) is 0.518. The molecule has 0 unspecified atom stereocenters. The molecule has 0 radical (unpaired) electrons. The Labute approximate surface area is 250 Å². The summed E-state index contributed by atoms with van der Waals surface area (Å²) in [5, 5.41) is 4.06. The van der Waals surface area contributed by atoms with Crippen molar-refractivity contribution in [3.8, 4) is 0 Å². The van der Waals surface area contributed by atoms with Gasteiger partial charge in [0.15, 0.2) is 0 Å². The van der Waals surface area contributed by atoms with E-state index in [0.29, 0.717) is 51.3 Å². The summed E-state index contributed by atoms with van der Waals surface area (Å²) >= 11 is 0. The Balaban J connectivity index is 1.60. The molecule has 0 saturated carbocycles. The largest absolute Gasteiger partial charge is 0.444 e. The van der Waals surface area contributed by atoms with Crippen LogP contribution in [0.2, 0.25) is 0 Å². The van der Waals surface area contributed by atoms with E-state index in [4.69, 9.17) is 9.47 Å². The average molecular weight is 591 g/mol. The van der Waals surface area contributed by atoms with Crippen molar-refractivity contribution in [3.05, 3.63) is 18.0 Å². The molecule has 2 fully saturated rings. The summed E-state index contributed by atoms with van der Waals surface area (Å²) < 4.78 is 13.1. The Bertz CT molecular complexity index is 1090. The number of amides is 4. The molecule has 42 heavy (non-hydrogen) atoms. The zero-order valence-electron chi connectivity index (χ0n) is 26.6. The van der Waals surface area contributed by atoms with Crippen molar-refractivity contribution in [1.29, 1.82) is 0 Å². The van der Waals surface area contributed by atoms with Crippen LogP contribution < -0.4 is 0 Å². The molecule has 4 amide bonds. The number of hydrogen-bond acceptors (Lipinski definition) is 7. The first-order chi connectivity index (χ1) is 19.7. The number of nitrogens with zero attached hydrogens (tertiary/aromatic N) is 6. The summed E-state index contributed by atoms with van der Waals surface area (Å²) in [4.78, 5) is 58.6. The smallest absolute Gasteiger partial charge is 0.410 e. The molecule has 3 rings (SSSR count). The lowest BCUT2D eigenvalue weighted by atomic mass is 9.75. The van der Waals surface area contributed by atoms with Gasteiger partial charge in [0.1, 0.15) is 23.9 Å². The van der Waals surface area contributed by atoms with Crippen LogP contribution in [0.3, 0.4) is 0 Å². The maximum atomic E-state index is 13.5. The lowest BCUT2D eigenvalue weighted by Gasteiger charge is -2.42. The average Bonchev–Trinajstić information content (AvgIpc) is 3.36. The van der Waals surface area contributed by atoms with Gasteiger partial charge in [0, 0.05) is 60.6 Å². The number of rotatable bonds is 5. The first kappa shape index (κ1) is 33.4. The minimum atomic E-state index is -0.641. The molecular weight excluding hydrogens is 540 g/mol. The molecular formula is C30H50N6O6. The minimum Gasteiger partial charge on any atom is -0.444 e. The minimum absolute atomic E-state index is 0.105. The zero-order chi connectivity index (χ0) is 31.1. The van der Waals surface area contributed by atoms with Crippen molar-refractivity contribution >= 4 is 23.8 Å². The molecule has 12 nitrogen and oxygen atoms in total. The Morgan fingerprint density at radius 1 is 1.10 bits per heavy atom. The Morgan fingerprint density at radius 2 is 1.79 bits per heavy atom. The van der Waals surface area contributed by atoms with Crippen LogP contribution in [0.5, 0.6) is 0 Å². The van der Waals surface area contributed by atoms with Crippen LogP contribution in [0, 0.1) is 5.41 Å². The fourth-order valence-corrected chi connectivity index (χ4v) is 5.69. The van der Waals surface area contributed by atoms with Gasteiger partial charge in [-0.3, -0.25) is 19.1 Å². The highest BCUT2D eigenvalue weighted by atomic mass is 16.6. The van der Waals surface area contributed by atoms with Gasteiger partial charge in [-0.05, 0) is 70.8 Å². The first-order valence-electron chi connectivity index (χ1n) is 15.0. The van der Waals surface area contributed by atoms with Gasteiger partial charge < -0.3 is 29.1 Å². The Hall–Kier alpha value is -3.15. The number of ether oxygens (including phenoxy) is 2. The third-order valence-corrected chi connectivity index (χ3v) is 8.44. The van der Waals surface area contributed by atoms with E-state index in [0.717, 1.165) is 32.1 Å². The number of likely N-dealkylation sites (N-methyl/N-ethyl adjacent to an activating group) is 2. The molecule has 0 bridgehead atoms. The van der Waals surface area contributed by atoms with Gasteiger partial charge in [-0.1, -0.05) is 6.42 Å². The van der Waals surface area contributed by atoms with E-state index < -0.39 is 11.6 Å². The van der Waals surface area contributed by atoms with Crippen LogP contribution in [-0.4, -0.2) is 125 Å². The summed E-state index contributed by atoms with van der Waals surface area (Å²) in [5.74, 6) is -0.496. The molecule has 0 aliphatic carbocycles. The van der Waals surface area contributed by atoms with Crippen LogP contribution in [0.1, 0.15) is 76.2 Å². The number of aryl methyl sites for hydroxylation is 1. The van der Waals surface area contributed by atoms with Crippen molar-refractivity contribution in [1.82, 2.24) is 29.4 Å². The van der Waals surface area contributed by atoms with Crippen LogP contribution >= 0.6 is 0 Å². The standard InChI is InChI=1S/C30H50N6O6/c1-29(2,3)42-28(40)36-19-14-30(15-20-36)13-8-9-17-32(4)26(38)23(34(6)25(37)21-41-22-30)11-10-18-33(5)27(39)24-12-16-31-35(24)7/h12,16,23H,8-11,13-15,17-22H2,1-7H3/t23-/m0/s1. The lowest BCUT2D eigenvalue weighted by molar-refractivity contribution is -0.147. The first-order valence-corrected chi connectivity index (χ1v) is 15.0. The van der Waals surface area contributed by atoms with Crippen molar-refractivity contribution in [2.75, 3.05) is 60.5 Å². The zero-order valence-corrected chi connectivity index (χ0v) is 26.6. The topological polar surface area (TPSA) is 118 Å². The van der Waals surface area contributed by atoms with Gasteiger partial charge in [-0.2, -0.15) is 5.10 Å². The molecule has 0 aromatic carbocycles. The number of likely N-dealkylation sites (tertiary alicyclic amines) is 1. The van der Waals surface area contributed by atoms with E-state index in [9.17, 15) is 19.2 Å². The summed E-state index contributed by atoms with van der Waals surface area (Å²) in [6.07, 6.45) is 6.49. The van der Waals surface area contributed by atoms with Crippen LogP contribution in [-0.2, 0) is 26.1 Å². The molecule has 2 aliphatic heterocycles. The van der Waals surface area contributed by atoms with Gasteiger partial charge in [0.25, 0.3) is 5.91 Å². The molecule has 2 saturated heterocycles. The molecule has 1 aromatic rings. The molecule has 236 valence electrons.